The molecule has 0 spiro atoms. The first-order valence-electron chi connectivity index (χ1n) is 7.34. The van der Waals surface area contributed by atoms with Gasteiger partial charge >= 0.3 is 0 Å². The summed E-state index contributed by atoms with van der Waals surface area (Å²) in [6.45, 7) is 5.59. The van der Waals surface area contributed by atoms with Crippen LogP contribution < -0.4 is 5.73 Å². The molecule has 1 aliphatic heterocycles. The first kappa shape index (κ1) is 15.5. The van der Waals surface area contributed by atoms with E-state index in [1.165, 1.54) is 6.42 Å². The summed E-state index contributed by atoms with van der Waals surface area (Å²) in [6, 6.07) is 6.07. The normalized spacial score (nSPS) is 22.9. The number of nitrogens with two attached hydrogens (primary N) is 1. The summed E-state index contributed by atoms with van der Waals surface area (Å²) < 4.78 is 0.862. The van der Waals surface area contributed by atoms with Crippen molar-refractivity contribution in [3.8, 4) is 0 Å². The second-order valence-corrected chi connectivity index (χ2v) is 6.52. The van der Waals surface area contributed by atoms with Gasteiger partial charge in [-0.3, -0.25) is 4.79 Å². The van der Waals surface area contributed by atoms with Gasteiger partial charge in [0.05, 0.1) is 5.56 Å². The number of rotatable bonds is 3. The molecule has 0 radical (unpaired) electrons. The van der Waals surface area contributed by atoms with Crippen molar-refractivity contribution in [3.63, 3.8) is 0 Å². The summed E-state index contributed by atoms with van der Waals surface area (Å²) >= 11 is 3.49. The zero-order chi connectivity index (χ0) is 14.7. The van der Waals surface area contributed by atoms with E-state index in [9.17, 15) is 4.79 Å². The summed E-state index contributed by atoms with van der Waals surface area (Å²) in [6.07, 6.45) is 3.29. The van der Waals surface area contributed by atoms with E-state index in [0.717, 1.165) is 35.0 Å². The molecule has 2 atom stereocenters. The Morgan fingerprint density at radius 3 is 2.90 bits per heavy atom. The van der Waals surface area contributed by atoms with E-state index in [0.29, 0.717) is 12.5 Å². The van der Waals surface area contributed by atoms with Crippen LogP contribution in [0.2, 0.25) is 0 Å². The van der Waals surface area contributed by atoms with E-state index in [2.05, 4.69) is 22.9 Å². The minimum absolute atomic E-state index is 0.102. The Labute approximate surface area is 129 Å². The maximum absolute atomic E-state index is 12.8. The number of halogens is 1. The molecule has 4 heteroatoms. The third kappa shape index (κ3) is 3.23. The topological polar surface area (TPSA) is 46.3 Å². The van der Waals surface area contributed by atoms with Crippen LogP contribution in [-0.4, -0.2) is 29.9 Å². The van der Waals surface area contributed by atoms with E-state index in [1.807, 2.05) is 30.0 Å². The summed E-state index contributed by atoms with van der Waals surface area (Å²) in [7, 11) is 0. The molecule has 2 N–H and O–H groups in total. The first-order valence-corrected chi connectivity index (χ1v) is 8.13. The summed E-state index contributed by atoms with van der Waals surface area (Å²) in [5.41, 5.74) is 7.74. The van der Waals surface area contributed by atoms with Gasteiger partial charge in [-0.2, -0.15) is 0 Å². The zero-order valence-corrected chi connectivity index (χ0v) is 13.8. The van der Waals surface area contributed by atoms with Crippen LogP contribution in [0.4, 0.5) is 0 Å². The Kier molecular flexibility index (Phi) is 5.22. The van der Waals surface area contributed by atoms with Crippen molar-refractivity contribution >= 4 is 21.8 Å². The summed E-state index contributed by atoms with van der Waals surface area (Å²) in [5, 5.41) is 0. The molecule has 2 unspecified atom stereocenters. The minimum atomic E-state index is 0.102. The molecule has 1 fully saturated rings. The van der Waals surface area contributed by atoms with E-state index >= 15 is 0 Å². The van der Waals surface area contributed by atoms with Crippen LogP contribution in [0.5, 0.6) is 0 Å². The molecule has 0 saturated carbocycles. The number of benzene rings is 1. The number of hydrogen-bond acceptors (Lipinski definition) is 2. The van der Waals surface area contributed by atoms with Gasteiger partial charge in [-0.1, -0.05) is 25.0 Å². The molecule has 20 heavy (non-hydrogen) atoms. The van der Waals surface area contributed by atoms with Gasteiger partial charge in [0, 0.05) is 23.6 Å². The number of hydrogen-bond donors (Lipinski definition) is 1. The second-order valence-electron chi connectivity index (χ2n) is 5.67. The van der Waals surface area contributed by atoms with Crippen LogP contribution in [0.25, 0.3) is 0 Å². The predicted octanol–water partition coefficient (Wildman–Crippen LogP) is 3.35. The zero-order valence-electron chi connectivity index (χ0n) is 12.2. The quantitative estimate of drug-likeness (QED) is 0.918. The van der Waals surface area contributed by atoms with Crippen molar-refractivity contribution in [2.24, 2.45) is 11.7 Å². The van der Waals surface area contributed by atoms with Crippen LogP contribution in [0, 0.1) is 12.8 Å². The van der Waals surface area contributed by atoms with Gasteiger partial charge in [0.1, 0.15) is 0 Å². The Morgan fingerprint density at radius 1 is 1.50 bits per heavy atom. The molecule has 1 aliphatic rings. The van der Waals surface area contributed by atoms with Gasteiger partial charge in [-0.25, -0.2) is 0 Å². The standard InChI is InChI=1S/C16H23BrN2O/c1-3-12-6-7-19(13(9-12)10-18)16(20)14-8-11(2)4-5-15(14)17/h4-5,8,12-13H,3,6-7,9-10,18H2,1-2H3. The molecule has 1 aromatic carbocycles. The Bertz CT molecular complexity index is 489. The fraction of sp³-hybridized carbons (Fsp3) is 0.562. The van der Waals surface area contributed by atoms with E-state index in [1.54, 1.807) is 0 Å². The maximum Gasteiger partial charge on any atom is 0.255 e. The molecule has 1 saturated heterocycles. The van der Waals surface area contributed by atoms with Crippen LogP contribution in [-0.2, 0) is 0 Å². The molecule has 2 rings (SSSR count). The van der Waals surface area contributed by atoms with Crippen molar-refractivity contribution in [2.75, 3.05) is 13.1 Å². The van der Waals surface area contributed by atoms with Crippen molar-refractivity contribution < 1.29 is 4.79 Å². The molecule has 1 aromatic rings. The number of likely N-dealkylation sites (tertiary alicyclic amines) is 1. The Balaban J connectivity index is 2.21. The molecule has 0 bridgehead atoms. The smallest absolute Gasteiger partial charge is 0.255 e. The average Bonchev–Trinajstić information content (AvgIpc) is 2.48. The van der Waals surface area contributed by atoms with E-state index < -0.39 is 0 Å². The number of piperidine rings is 1. The molecule has 110 valence electrons. The van der Waals surface area contributed by atoms with E-state index in [4.69, 9.17) is 5.73 Å². The molecule has 3 nitrogen and oxygen atoms in total. The van der Waals surface area contributed by atoms with Crippen molar-refractivity contribution in [1.29, 1.82) is 0 Å². The van der Waals surface area contributed by atoms with Crippen molar-refractivity contribution in [3.05, 3.63) is 33.8 Å². The SMILES string of the molecule is CCC1CCN(C(=O)c2cc(C)ccc2Br)C(CN)C1. The van der Waals surface area contributed by atoms with Gasteiger partial charge < -0.3 is 10.6 Å². The lowest BCUT2D eigenvalue weighted by Gasteiger charge is -2.39. The second kappa shape index (κ2) is 6.72. The molecule has 1 heterocycles. The monoisotopic (exact) mass is 338 g/mol. The largest absolute Gasteiger partial charge is 0.334 e. The van der Waals surface area contributed by atoms with E-state index in [-0.39, 0.29) is 11.9 Å². The van der Waals surface area contributed by atoms with Gasteiger partial charge in [-0.05, 0) is 53.7 Å². The minimum Gasteiger partial charge on any atom is -0.334 e. The van der Waals surface area contributed by atoms with Crippen molar-refractivity contribution in [2.45, 2.75) is 39.2 Å². The highest BCUT2D eigenvalue weighted by molar-refractivity contribution is 9.10. The van der Waals surface area contributed by atoms with Gasteiger partial charge in [-0.15, -0.1) is 0 Å². The molecule has 0 aliphatic carbocycles. The highest BCUT2D eigenvalue weighted by Gasteiger charge is 2.31. The summed E-state index contributed by atoms with van der Waals surface area (Å²) in [5.74, 6) is 0.805. The molecular weight excluding hydrogens is 316 g/mol. The van der Waals surface area contributed by atoms with Crippen LogP contribution in [0.1, 0.15) is 42.1 Å². The Hall–Kier alpha value is -0.870. The van der Waals surface area contributed by atoms with Gasteiger partial charge in [0.25, 0.3) is 5.91 Å². The first-order chi connectivity index (χ1) is 9.56. The predicted molar refractivity (Wildman–Crippen MR) is 85.8 cm³/mol. The lowest BCUT2D eigenvalue weighted by atomic mass is 9.88. The highest BCUT2D eigenvalue weighted by Crippen LogP contribution is 2.28. The number of carbonyl (C=O) groups excluding carboxylic acids is 1. The number of nitrogens with zero attached hydrogens (tertiary/aromatic N) is 1. The summed E-state index contributed by atoms with van der Waals surface area (Å²) in [4.78, 5) is 14.7. The maximum atomic E-state index is 12.8. The molecule has 0 aromatic heterocycles. The van der Waals surface area contributed by atoms with Crippen LogP contribution in [0.3, 0.4) is 0 Å². The van der Waals surface area contributed by atoms with Crippen molar-refractivity contribution in [1.82, 2.24) is 4.90 Å². The van der Waals surface area contributed by atoms with Gasteiger partial charge in [0.2, 0.25) is 0 Å². The fourth-order valence-electron chi connectivity index (χ4n) is 2.95. The Morgan fingerprint density at radius 2 is 2.25 bits per heavy atom. The van der Waals surface area contributed by atoms with Crippen LogP contribution >= 0.6 is 15.9 Å². The lowest BCUT2D eigenvalue weighted by Crippen LogP contribution is -2.49. The van der Waals surface area contributed by atoms with Gasteiger partial charge in [0.15, 0.2) is 0 Å². The lowest BCUT2D eigenvalue weighted by molar-refractivity contribution is 0.0557. The third-order valence-corrected chi connectivity index (χ3v) is 4.98. The number of carbonyl (C=O) groups is 1. The van der Waals surface area contributed by atoms with Crippen LogP contribution in [0.15, 0.2) is 22.7 Å². The molecular formula is C16H23BrN2O. The average molecular weight is 339 g/mol. The number of amides is 1. The fourth-order valence-corrected chi connectivity index (χ4v) is 3.37. The molecule has 1 amide bonds. The highest BCUT2D eigenvalue weighted by atomic mass is 79.9. The number of aryl methyl sites for hydroxylation is 1. The third-order valence-electron chi connectivity index (χ3n) is 4.29.